The van der Waals surface area contributed by atoms with E-state index in [1.165, 1.54) is 23.0 Å². The molecule has 3 rings (SSSR count). The third-order valence-electron chi connectivity index (χ3n) is 4.15. The van der Waals surface area contributed by atoms with Crippen LogP contribution in [-0.2, 0) is 16.6 Å². The van der Waals surface area contributed by atoms with Gasteiger partial charge in [0.2, 0.25) is 0 Å². The average Bonchev–Trinajstić information content (AvgIpc) is 3.07. The van der Waals surface area contributed by atoms with Crippen molar-refractivity contribution < 1.29 is 19.1 Å². The van der Waals surface area contributed by atoms with E-state index >= 15 is 0 Å². The fourth-order valence-corrected chi connectivity index (χ4v) is 2.90. The van der Waals surface area contributed by atoms with Crippen LogP contribution >= 0.6 is 11.6 Å². The number of halogens is 1. The van der Waals surface area contributed by atoms with Crippen LogP contribution in [0.5, 0.6) is 5.75 Å². The van der Waals surface area contributed by atoms with E-state index in [-0.39, 0.29) is 23.5 Å². The Morgan fingerprint density at radius 3 is 3.06 bits per heavy atom. The van der Waals surface area contributed by atoms with Crippen LogP contribution in [0.4, 0.5) is 16.4 Å². The Labute approximate surface area is 182 Å². The molecule has 0 saturated carbocycles. The third-order valence-corrected chi connectivity index (χ3v) is 4.36. The number of rotatable bonds is 5. The molecule has 11 nitrogen and oxygen atoms in total. The highest BCUT2D eigenvalue weighted by Crippen LogP contribution is 2.32. The molecule has 0 unspecified atom stereocenters. The number of aryl methyl sites for hydroxylation is 1. The Bertz CT molecular complexity index is 1130. The van der Waals surface area contributed by atoms with Gasteiger partial charge >= 0.3 is 6.09 Å². The highest BCUT2D eigenvalue weighted by Gasteiger charge is 2.23. The number of nitrogens with zero attached hydrogens (tertiary/aromatic N) is 4. The normalized spacial score (nSPS) is 14.6. The first kappa shape index (κ1) is 21.7. The van der Waals surface area contributed by atoms with Gasteiger partial charge in [-0.15, -0.1) is 11.5 Å². The lowest BCUT2D eigenvalue weighted by Gasteiger charge is -2.17. The number of amides is 2. The summed E-state index contributed by atoms with van der Waals surface area (Å²) >= 11 is 5.85. The summed E-state index contributed by atoms with van der Waals surface area (Å²) in [6.07, 6.45) is 7.95. The van der Waals surface area contributed by atoms with Crippen molar-refractivity contribution in [1.82, 2.24) is 20.0 Å². The quantitative estimate of drug-likeness (QED) is 0.359. The molecule has 12 heteroatoms. The van der Waals surface area contributed by atoms with Gasteiger partial charge in [-0.2, -0.15) is 0 Å². The molecule has 0 spiro atoms. The summed E-state index contributed by atoms with van der Waals surface area (Å²) in [5.74, 6) is 2.93. The van der Waals surface area contributed by atoms with E-state index in [0.29, 0.717) is 28.4 Å². The predicted octanol–water partition coefficient (Wildman–Crippen LogP) is 1.74. The van der Waals surface area contributed by atoms with Crippen molar-refractivity contribution in [2.75, 3.05) is 17.2 Å². The lowest BCUT2D eigenvalue weighted by atomic mass is 10.1. The second kappa shape index (κ2) is 9.19. The summed E-state index contributed by atoms with van der Waals surface area (Å²) in [7, 11) is 1.59. The van der Waals surface area contributed by atoms with Gasteiger partial charge in [0.05, 0.1) is 0 Å². The molecule has 0 bridgehead atoms. The highest BCUT2D eigenvalue weighted by molar-refractivity contribution is 6.29. The number of carbonyl (C=O) groups is 2. The molecule has 0 radical (unpaired) electrons. The van der Waals surface area contributed by atoms with Crippen LogP contribution in [0.15, 0.2) is 35.1 Å². The molecule has 4 N–H and O–H groups in total. The van der Waals surface area contributed by atoms with E-state index in [9.17, 15) is 9.59 Å². The second-order valence-electron chi connectivity index (χ2n) is 6.29. The highest BCUT2D eigenvalue weighted by atomic mass is 35.5. The van der Waals surface area contributed by atoms with Crippen LogP contribution in [-0.4, -0.2) is 44.7 Å². The summed E-state index contributed by atoms with van der Waals surface area (Å²) in [6, 6.07) is 1.63. The van der Waals surface area contributed by atoms with Gasteiger partial charge in [0.1, 0.15) is 17.0 Å². The van der Waals surface area contributed by atoms with Crippen molar-refractivity contribution in [3.8, 4) is 29.4 Å². The molecule has 2 aromatic heterocycles. The van der Waals surface area contributed by atoms with Crippen molar-refractivity contribution in [3.63, 3.8) is 0 Å². The maximum absolute atomic E-state index is 12.5. The molecule has 160 valence electrons. The number of hydrogen-bond donors (Lipinski definition) is 3. The maximum Gasteiger partial charge on any atom is 0.413 e. The Kier molecular flexibility index (Phi) is 6.42. The Morgan fingerprint density at radius 2 is 2.35 bits per heavy atom. The van der Waals surface area contributed by atoms with Gasteiger partial charge in [0, 0.05) is 24.4 Å². The zero-order valence-corrected chi connectivity index (χ0v) is 17.3. The minimum absolute atomic E-state index is 0.0538. The minimum Gasteiger partial charge on any atom is -0.480 e. The first-order valence-corrected chi connectivity index (χ1v) is 9.26. The Morgan fingerprint density at radius 1 is 1.58 bits per heavy atom. The Balaban J connectivity index is 1.80. The molecule has 2 aromatic rings. The fraction of sp³-hybridized carbons (Fsp3) is 0.211. The molecule has 0 aromatic carbocycles. The van der Waals surface area contributed by atoms with Crippen LogP contribution in [0.25, 0.3) is 11.3 Å². The molecule has 3 heterocycles. The molecule has 1 aliphatic rings. The predicted molar refractivity (Wildman–Crippen MR) is 113 cm³/mol. The van der Waals surface area contributed by atoms with E-state index in [4.69, 9.17) is 33.2 Å². The van der Waals surface area contributed by atoms with Gasteiger partial charge in [-0.25, -0.2) is 14.5 Å². The summed E-state index contributed by atoms with van der Waals surface area (Å²) in [5.41, 5.74) is 6.80. The number of terminal acetylenes is 1. The SMILES string of the molecule is C#C/C=C\C(=C(/N)Cl)[C@@H](C)OC(=O)Nc1c(-c2cnc3c(c2)OCC(=O)N3)nnn1C. The van der Waals surface area contributed by atoms with E-state index in [0.717, 1.165) is 0 Å². The number of ether oxygens (including phenoxy) is 2. The fourth-order valence-electron chi connectivity index (χ4n) is 2.68. The number of pyridine rings is 1. The molecule has 1 aliphatic heterocycles. The molecule has 0 fully saturated rings. The van der Waals surface area contributed by atoms with Crippen LogP contribution < -0.4 is 21.1 Å². The first-order valence-electron chi connectivity index (χ1n) is 8.88. The number of fused-ring (bicyclic) bond motifs is 1. The standard InChI is InChI=1S/C19H18ClN7O4/c1-4-5-6-12(16(20)21)10(2)31-19(29)24-18-15(25-26-27(18)3)11-7-13-17(22-8-11)23-14(28)9-30-13/h1,5-8,10H,9,21H2,2-3H3,(H,24,29)(H,22,23,28)/b6-5-,16-12+/t10-/m1/s1. The molecule has 31 heavy (non-hydrogen) atoms. The van der Waals surface area contributed by atoms with Gasteiger partial charge in [0.25, 0.3) is 5.91 Å². The van der Waals surface area contributed by atoms with E-state index < -0.39 is 12.2 Å². The van der Waals surface area contributed by atoms with Crippen molar-refractivity contribution in [2.24, 2.45) is 12.8 Å². The third kappa shape index (κ3) is 4.93. The molecule has 0 saturated heterocycles. The zero-order valence-electron chi connectivity index (χ0n) is 16.5. The second-order valence-corrected chi connectivity index (χ2v) is 6.70. The van der Waals surface area contributed by atoms with Gasteiger partial charge in [-0.05, 0) is 25.1 Å². The van der Waals surface area contributed by atoms with Crippen molar-refractivity contribution >= 4 is 35.2 Å². The van der Waals surface area contributed by atoms with Gasteiger partial charge in [0.15, 0.2) is 24.0 Å². The number of hydrogen-bond acceptors (Lipinski definition) is 8. The van der Waals surface area contributed by atoms with Crippen LogP contribution in [0.3, 0.4) is 0 Å². The zero-order chi connectivity index (χ0) is 22.5. The van der Waals surface area contributed by atoms with Gasteiger partial charge in [-0.3, -0.25) is 10.1 Å². The summed E-state index contributed by atoms with van der Waals surface area (Å²) in [4.78, 5) is 28.0. The molecule has 0 aliphatic carbocycles. The maximum atomic E-state index is 12.5. The van der Waals surface area contributed by atoms with Crippen molar-refractivity contribution in [3.05, 3.63) is 35.1 Å². The Hall–Kier alpha value is -4.04. The van der Waals surface area contributed by atoms with Gasteiger partial charge in [-0.1, -0.05) is 22.7 Å². The largest absolute Gasteiger partial charge is 0.480 e. The molecular formula is C19H18ClN7O4. The lowest BCUT2D eigenvalue weighted by molar-refractivity contribution is -0.118. The topological polar surface area (TPSA) is 146 Å². The van der Waals surface area contributed by atoms with Crippen molar-refractivity contribution in [1.29, 1.82) is 0 Å². The van der Waals surface area contributed by atoms with Crippen LogP contribution in [0, 0.1) is 12.3 Å². The van der Waals surface area contributed by atoms with E-state index in [1.807, 2.05) is 0 Å². The van der Waals surface area contributed by atoms with Crippen LogP contribution in [0.2, 0.25) is 0 Å². The van der Waals surface area contributed by atoms with Crippen LogP contribution in [0.1, 0.15) is 6.92 Å². The molecule has 1 atom stereocenters. The number of carbonyl (C=O) groups excluding carboxylic acids is 2. The number of anilines is 2. The number of allylic oxidation sites excluding steroid dienone is 1. The first-order chi connectivity index (χ1) is 14.8. The molecular weight excluding hydrogens is 426 g/mol. The summed E-state index contributed by atoms with van der Waals surface area (Å²) in [6.45, 7) is 1.47. The minimum atomic E-state index is -0.793. The summed E-state index contributed by atoms with van der Waals surface area (Å²) in [5, 5.41) is 13.1. The number of nitrogens with two attached hydrogens (primary N) is 1. The molecule has 2 amide bonds. The average molecular weight is 444 g/mol. The number of aromatic nitrogens is 4. The smallest absolute Gasteiger partial charge is 0.413 e. The summed E-state index contributed by atoms with van der Waals surface area (Å²) < 4.78 is 12.1. The van der Waals surface area contributed by atoms with Gasteiger partial charge < -0.3 is 20.5 Å². The lowest BCUT2D eigenvalue weighted by Crippen LogP contribution is -2.26. The van der Waals surface area contributed by atoms with Crippen molar-refractivity contribution in [2.45, 2.75) is 13.0 Å². The number of nitrogens with one attached hydrogen (secondary N) is 2. The van der Waals surface area contributed by atoms with E-state index in [1.54, 1.807) is 20.0 Å². The monoisotopic (exact) mass is 443 g/mol. The van der Waals surface area contributed by atoms with E-state index in [2.05, 4.69) is 31.9 Å².